The summed E-state index contributed by atoms with van der Waals surface area (Å²) in [6.45, 7) is 6.31. The van der Waals surface area contributed by atoms with Gasteiger partial charge in [0.15, 0.2) is 5.65 Å². The maximum Gasteiger partial charge on any atom is 0.215 e. The Morgan fingerprint density at radius 2 is 2.10 bits per heavy atom. The molecule has 0 aliphatic rings. The number of halogens is 1. The maximum absolute atomic E-state index is 5.96. The molecule has 0 radical (unpaired) electrons. The van der Waals surface area contributed by atoms with Gasteiger partial charge in [-0.2, -0.15) is 4.98 Å². The number of rotatable bonds is 7. The number of alkyl halides is 1. The molecule has 0 atom stereocenters. The lowest BCUT2D eigenvalue weighted by molar-refractivity contribution is 0.103. The Hall–Kier alpha value is -1.33. The third kappa shape index (κ3) is 3.41. The standard InChI is InChI=1S/C14H20ClN3O2/c1-10(2)9-20-7-6-18-12(8-15)16-11-4-5-13(19-3)17-14(11)18/h4-5,10H,6-9H2,1-3H3. The molecule has 0 saturated heterocycles. The molecular formula is C14H20ClN3O2. The maximum atomic E-state index is 5.96. The van der Waals surface area contributed by atoms with E-state index in [1.54, 1.807) is 13.2 Å². The van der Waals surface area contributed by atoms with E-state index in [1.165, 1.54) is 0 Å². The van der Waals surface area contributed by atoms with Gasteiger partial charge in [-0.1, -0.05) is 13.8 Å². The van der Waals surface area contributed by atoms with Crippen LogP contribution < -0.4 is 4.74 Å². The second-order valence-electron chi connectivity index (χ2n) is 4.98. The summed E-state index contributed by atoms with van der Waals surface area (Å²) in [6, 6.07) is 3.69. The molecule has 0 aliphatic heterocycles. The third-order valence-corrected chi connectivity index (χ3v) is 3.12. The number of methoxy groups -OCH3 is 1. The second kappa shape index (κ2) is 6.90. The first-order valence-corrected chi connectivity index (χ1v) is 7.23. The molecule has 2 rings (SSSR count). The van der Waals surface area contributed by atoms with E-state index in [-0.39, 0.29) is 0 Å². The first kappa shape index (κ1) is 15.1. The minimum atomic E-state index is 0.350. The fourth-order valence-electron chi connectivity index (χ4n) is 1.96. The number of aromatic nitrogens is 3. The largest absolute Gasteiger partial charge is 0.481 e. The van der Waals surface area contributed by atoms with E-state index >= 15 is 0 Å². The van der Waals surface area contributed by atoms with E-state index in [0.29, 0.717) is 30.8 Å². The Balaban J connectivity index is 2.20. The molecule has 0 saturated carbocycles. The van der Waals surface area contributed by atoms with E-state index in [1.807, 2.05) is 10.6 Å². The third-order valence-electron chi connectivity index (χ3n) is 2.88. The van der Waals surface area contributed by atoms with Gasteiger partial charge < -0.3 is 14.0 Å². The lowest BCUT2D eigenvalue weighted by Gasteiger charge is -2.09. The molecule has 0 amide bonds. The minimum Gasteiger partial charge on any atom is -0.481 e. The van der Waals surface area contributed by atoms with Crippen LogP contribution in [0, 0.1) is 5.92 Å². The Morgan fingerprint density at radius 3 is 2.75 bits per heavy atom. The molecule has 0 bridgehead atoms. The fraction of sp³-hybridized carbons (Fsp3) is 0.571. The van der Waals surface area contributed by atoms with E-state index in [0.717, 1.165) is 23.6 Å². The van der Waals surface area contributed by atoms with Gasteiger partial charge in [-0.05, 0) is 12.0 Å². The monoisotopic (exact) mass is 297 g/mol. The van der Waals surface area contributed by atoms with Crippen LogP contribution in [0.3, 0.4) is 0 Å². The Labute approximate surface area is 123 Å². The number of ether oxygens (including phenoxy) is 2. The smallest absolute Gasteiger partial charge is 0.215 e. The van der Waals surface area contributed by atoms with Gasteiger partial charge in [0.2, 0.25) is 5.88 Å². The number of hydrogen-bond donors (Lipinski definition) is 0. The van der Waals surface area contributed by atoms with Gasteiger partial charge in [0.05, 0.1) is 19.6 Å². The quantitative estimate of drug-likeness (QED) is 0.582. The molecule has 20 heavy (non-hydrogen) atoms. The van der Waals surface area contributed by atoms with Crippen molar-refractivity contribution < 1.29 is 9.47 Å². The first-order valence-electron chi connectivity index (χ1n) is 6.69. The van der Waals surface area contributed by atoms with E-state index in [4.69, 9.17) is 21.1 Å². The summed E-state index contributed by atoms with van der Waals surface area (Å²) in [5.41, 5.74) is 1.61. The van der Waals surface area contributed by atoms with Crippen LogP contribution in [0.5, 0.6) is 5.88 Å². The van der Waals surface area contributed by atoms with Crippen LogP contribution in [-0.2, 0) is 17.2 Å². The van der Waals surface area contributed by atoms with E-state index in [2.05, 4.69) is 23.8 Å². The predicted molar refractivity (Wildman–Crippen MR) is 79.3 cm³/mol. The van der Waals surface area contributed by atoms with Crippen molar-refractivity contribution in [3.8, 4) is 5.88 Å². The second-order valence-corrected chi connectivity index (χ2v) is 5.25. The van der Waals surface area contributed by atoms with Gasteiger partial charge in [0, 0.05) is 19.2 Å². The minimum absolute atomic E-state index is 0.350. The molecule has 110 valence electrons. The Morgan fingerprint density at radius 1 is 1.30 bits per heavy atom. The molecule has 0 aliphatic carbocycles. The van der Waals surface area contributed by atoms with Crippen molar-refractivity contribution in [2.75, 3.05) is 20.3 Å². The molecule has 2 aromatic heterocycles. The average molecular weight is 298 g/mol. The first-order chi connectivity index (χ1) is 9.65. The van der Waals surface area contributed by atoms with Crippen LogP contribution >= 0.6 is 11.6 Å². The van der Waals surface area contributed by atoms with Crippen LogP contribution in [-0.4, -0.2) is 34.9 Å². The van der Waals surface area contributed by atoms with Crippen molar-refractivity contribution in [2.45, 2.75) is 26.3 Å². The van der Waals surface area contributed by atoms with E-state index in [9.17, 15) is 0 Å². The van der Waals surface area contributed by atoms with Gasteiger partial charge in [-0.15, -0.1) is 11.6 Å². The SMILES string of the molecule is COc1ccc2nc(CCl)n(CCOCC(C)C)c2n1. The number of hydrogen-bond acceptors (Lipinski definition) is 4. The van der Waals surface area contributed by atoms with Crippen molar-refractivity contribution in [3.05, 3.63) is 18.0 Å². The highest BCUT2D eigenvalue weighted by atomic mass is 35.5. The van der Waals surface area contributed by atoms with Gasteiger partial charge in [-0.25, -0.2) is 4.98 Å². The number of nitrogens with zero attached hydrogens (tertiary/aromatic N) is 3. The van der Waals surface area contributed by atoms with Crippen molar-refractivity contribution in [3.63, 3.8) is 0 Å². The summed E-state index contributed by atoms with van der Waals surface area (Å²) in [4.78, 5) is 8.92. The fourth-order valence-corrected chi connectivity index (χ4v) is 2.16. The molecule has 6 heteroatoms. The zero-order valence-corrected chi connectivity index (χ0v) is 12.9. The average Bonchev–Trinajstić information content (AvgIpc) is 2.80. The summed E-state index contributed by atoms with van der Waals surface area (Å²) < 4.78 is 12.8. The lowest BCUT2D eigenvalue weighted by Crippen LogP contribution is -2.11. The molecule has 0 spiro atoms. The van der Waals surface area contributed by atoms with E-state index < -0.39 is 0 Å². The van der Waals surface area contributed by atoms with Crippen molar-refractivity contribution in [1.29, 1.82) is 0 Å². The van der Waals surface area contributed by atoms with Crippen molar-refractivity contribution in [2.24, 2.45) is 5.92 Å². The lowest BCUT2D eigenvalue weighted by atomic mass is 10.2. The summed E-state index contributed by atoms with van der Waals surface area (Å²) >= 11 is 5.96. The molecule has 2 aromatic rings. The number of imidazole rings is 1. The van der Waals surface area contributed by atoms with Gasteiger partial charge in [0.1, 0.15) is 11.3 Å². The van der Waals surface area contributed by atoms with Crippen LogP contribution in [0.15, 0.2) is 12.1 Å². The molecular weight excluding hydrogens is 278 g/mol. The highest BCUT2D eigenvalue weighted by Gasteiger charge is 2.12. The van der Waals surface area contributed by atoms with Crippen LogP contribution in [0.2, 0.25) is 0 Å². The number of fused-ring (bicyclic) bond motifs is 1. The molecule has 0 aromatic carbocycles. The highest BCUT2D eigenvalue weighted by Crippen LogP contribution is 2.19. The topological polar surface area (TPSA) is 49.2 Å². The molecule has 0 fully saturated rings. The summed E-state index contributed by atoms with van der Waals surface area (Å²) in [6.07, 6.45) is 0. The van der Waals surface area contributed by atoms with Gasteiger partial charge >= 0.3 is 0 Å². The van der Waals surface area contributed by atoms with Crippen LogP contribution in [0.4, 0.5) is 0 Å². The Kier molecular flexibility index (Phi) is 5.20. The van der Waals surface area contributed by atoms with Gasteiger partial charge in [-0.3, -0.25) is 0 Å². The predicted octanol–water partition coefficient (Wildman–Crippen LogP) is 2.85. The van der Waals surface area contributed by atoms with Crippen molar-refractivity contribution in [1.82, 2.24) is 14.5 Å². The normalized spacial score (nSPS) is 11.4. The molecule has 0 N–H and O–H groups in total. The zero-order chi connectivity index (χ0) is 14.5. The molecule has 2 heterocycles. The number of pyridine rings is 1. The van der Waals surface area contributed by atoms with Gasteiger partial charge in [0.25, 0.3) is 0 Å². The molecule has 5 nitrogen and oxygen atoms in total. The van der Waals surface area contributed by atoms with Crippen molar-refractivity contribution >= 4 is 22.8 Å². The van der Waals surface area contributed by atoms with Crippen LogP contribution in [0.1, 0.15) is 19.7 Å². The Bertz CT molecular complexity index is 569. The summed E-state index contributed by atoms with van der Waals surface area (Å²) in [5, 5.41) is 0. The highest BCUT2D eigenvalue weighted by molar-refractivity contribution is 6.16. The summed E-state index contributed by atoms with van der Waals surface area (Å²) in [5.74, 6) is 2.25. The summed E-state index contributed by atoms with van der Waals surface area (Å²) in [7, 11) is 1.60. The zero-order valence-electron chi connectivity index (χ0n) is 12.1. The van der Waals surface area contributed by atoms with Crippen LogP contribution in [0.25, 0.3) is 11.2 Å². The molecule has 0 unspecified atom stereocenters.